The number of nitrogens with one attached hydrogen (secondary N) is 1. The Morgan fingerprint density at radius 1 is 1.24 bits per heavy atom. The van der Waals surface area contributed by atoms with Crippen molar-refractivity contribution in [3.05, 3.63) is 53.1 Å². The van der Waals surface area contributed by atoms with Crippen LogP contribution in [0.1, 0.15) is 48.3 Å². The van der Waals surface area contributed by atoms with E-state index in [0.29, 0.717) is 6.54 Å². The van der Waals surface area contributed by atoms with Gasteiger partial charge in [0.25, 0.3) is 0 Å². The quantitative estimate of drug-likeness (QED) is 0.932. The van der Waals surface area contributed by atoms with Crippen molar-refractivity contribution in [3.63, 3.8) is 0 Å². The average molecular weight is 338 g/mol. The van der Waals surface area contributed by atoms with Crippen LogP contribution in [0, 0.1) is 0 Å². The number of nitrogens with zero attached hydrogens (tertiary/aromatic N) is 3. The van der Waals surface area contributed by atoms with Crippen molar-refractivity contribution >= 4 is 5.91 Å². The van der Waals surface area contributed by atoms with Gasteiger partial charge in [-0.25, -0.2) is 4.98 Å². The molecule has 4 rings (SSSR count). The zero-order chi connectivity index (χ0) is 17.2. The number of carbonyl (C=O) groups excluding carboxylic acids is 1. The Labute approximate surface area is 149 Å². The molecule has 0 unspecified atom stereocenters. The molecular formula is C20H26N4O. The van der Waals surface area contributed by atoms with Gasteiger partial charge in [0.1, 0.15) is 5.82 Å². The van der Waals surface area contributed by atoms with Crippen LogP contribution in [0.2, 0.25) is 0 Å². The van der Waals surface area contributed by atoms with E-state index in [1.807, 2.05) is 12.4 Å². The molecule has 0 bridgehead atoms. The van der Waals surface area contributed by atoms with Crippen molar-refractivity contribution in [1.29, 1.82) is 0 Å². The summed E-state index contributed by atoms with van der Waals surface area (Å²) in [7, 11) is 0. The van der Waals surface area contributed by atoms with Gasteiger partial charge in [0, 0.05) is 25.5 Å². The minimum Gasteiger partial charge on any atom is -0.348 e. The van der Waals surface area contributed by atoms with Crippen LogP contribution in [-0.4, -0.2) is 33.4 Å². The summed E-state index contributed by atoms with van der Waals surface area (Å²) in [5.74, 6) is 1.13. The molecule has 2 aliphatic rings. The summed E-state index contributed by atoms with van der Waals surface area (Å²) in [6.45, 7) is 5.05. The molecule has 25 heavy (non-hydrogen) atoms. The second-order valence-electron chi connectivity index (χ2n) is 7.27. The Bertz CT molecular complexity index is 767. The lowest BCUT2D eigenvalue weighted by Gasteiger charge is -2.27. The first-order valence-electron chi connectivity index (χ1n) is 9.32. The highest BCUT2D eigenvalue weighted by molar-refractivity contribution is 5.78. The van der Waals surface area contributed by atoms with Gasteiger partial charge in [-0.1, -0.05) is 18.2 Å². The predicted molar refractivity (Wildman–Crippen MR) is 97.1 cm³/mol. The number of benzene rings is 1. The number of fused-ring (bicyclic) bond motifs is 2. The topological polar surface area (TPSA) is 50.2 Å². The number of hydrogen-bond acceptors (Lipinski definition) is 3. The van der Waals surface area contributed by atoms with Crippen molar-refractivity contribution in [1.82, 2.24) is 19.8 Å². The Balaban J connectivity index is 1.34. The van der Waals surface area contributed by atoms with E-state index in [4.69, 9.17) is 0 Å². The van der Waals surface area contributed by atoms with Crippen LogP contribution in [-0.2, 0) is 30.7 Å². The molecule has 1 atom stereocenters. The molecule has 1 aliphatic carbocycles. The summed E-state index contributed by atoms with van der Waals surface area (Å²) in [5.41, 5.74) is 4.16. The lowest BCUT2D eigenvalue weighted by molar-refractivity contribution is -0.123. The molecule has 0 spiro atoms. The zero-order valence-electron chi connectivity index (χ0n) is 14.9. The summed E-state index contributed by atoms with van der Waals surface area (Å²) < 4.78 is 2.16. The summed E-state index contributed by atoms with van der Waals surface area (Å²) in [6, 6.07) is 6.76. The Hall–Kier alpha value is -2.14. The van der Waals surface area contributed by atoms with Crippen LogP contribution >= 0.6 is 0 Å². The number of aromatic nitrogens is 2. The van der Waals surface area contributed by atoms with Gasteiger partial charge < -0.3 is 9.88 Å². The van der Waals surface area contributed by atoms with Gasteiger partial charge in [-0.3, -0.25) is 9.69 Å². The van der Waals surface area contributed by atoms with E-state index >= 15 is 0 Å². The Morgan fingerprint density at radius 2 is 2.08 bits per heavy atom. The van der Waals surface area contributed by atoms with Crippen LogP contribution < -0.4 is 5.32 Å². The fraction of sp³-hybridized carbons (Fsp3) is 0.500. The molecule has 132 valence electrons. The highest BCUT2D eigenvalue weighted by atomic mass is 16.2. The van der Waals surface area contributed by atoms with E-state index in [9.17, 15) is 4.79 Å². The van der Waals surface area contributed by atoms with Crippen molar-refractivity contribution in [3.8, 4) is 0 Å². The van der Waals surface area contributed by atoms with Crippen molar-refractivity contribution < 1.29 is 4.79 Å². The van der Waals surface area contributed by atoms with Crippen LogP contribution in [0.25, 0.3) is 0 Å². The van der Waals surface area contributed by atoms with Gasteiger partial charge in [-0.15, -0.1) is 0 Å². The summed E-state index contributed by atoms with van der Waals surface area (Å²) in [5, 5.41) is 3.16. The molecule has 1 N–H and O–H groups in total. The number of rotatable bonds is 4. The second-order valence-corrected chi connectivity index (χ2v) is 7.27. The van der Waals surface area contributed by atoms with E-state index in [0.717, 1.165) is 25.5 Å². The zero-order valence-corrected chi connectivity index (χ0v) is 14.9. The van der Waals surface area contributed by atoms with Crippen molar-refractivity contribution in [2.45, 2.75) is 51.7 Å². The molecule has 1 aromatic heterocycles. The third-order valence-corrected chi connectivity index (χ3v) is 5.44. The monoisotopic (exact) mass is 338 g/mol. The number of carbonyl (C=O) groups is 1. The molecule has 0 radical (unpaired) electrons. The molecule has 1 aromatic carbocycles. The van der Waals surface area contributed by atoms with Gasteiger partial charge in [-0.2, -0.15) is 0 Å². The molecule has 1 amide bonds. The number of imidazole rings is 1. The molecule has 5 heteroatoms. The van der Waals surface area contributed by atoms with Crippen LogP contribution in [0.4, 0.5) is 0 Å². The fourth-order valence-corrected chi connectivity index (χ4v) is 3.95. The van der Waals surface area contributed by atoms with Gasteiger partial charge in [0.15, 0.2) is 0 Å². The predicted octanol–water partition coefficient (Wildman–Crippen LogP) is 2.45. The molecule has 0 saturated carbocycles. The molecule has 2 aromatic rings. The maximum Gasteiger partial charge on any atom is 0.234 e. The van der Waals surface area contributed by atoms with Crippen molar-refractivity contribution in [2.24, 2.45) is 0 Å². The van der Waals surface area contributed by atoms with Crippen LogP contribution in [0.3, 0.4) is 0 Å². The van der Waals surface area contributed by atoms with E-state index in [2.05, 4.69) is 44.9 Å². The largest absolute Gasteiger partial charge is 0.348 e. The van der Waals surface area contributed by atoms with E-state index < -0.39 is 0 Å². The first-order chi connectivity index (χ1) is 12.2. The molecule has 0 fully saturated rings. The maximum absolute atomic E-state index is 12.5. The Morgan fingerprint density at radius 3 is 2.96 bits per heavy atom. The smallest absolute Gasteiger partial charge is 0.234 e. The van der Waals surface area contributed by atoms with E-state index in [1.54, 1.807) is 0 Å². The number of hydrogen-bond donors (Lipinski definition) is 1. The third-order valence-electron chi connectivity index (χ3n) is 5.44. The minimum absolute atomic E-state index is 0.0477. The van der Waals surface area contributed by atoms with Crippen LogP contribution in [0.15, 0.2) is 30.6 Å². The molecule has 1 aliphatic heterocycles. The standard InChI is InChI=1S/C20H26N4O/c1-15(17-7-6-16-4-2-3-5-18(16)12-17)22-20(25)14-23-10-11-24-9-8-21-19(24)13-23/h6-9,12,15H,2-5,10-11,13-14H2,1H3,(H,22,25)/t15-/m1/s1. The summed E-state index contributed by atoms with van der Waals surface area (Å²) >= 11 is 0. The maximum atomic E-state index is 12.5. The van der Waals surface area contributed by atoms with Gasteiger partial charge >= 0.3 is 0 Å². The molecular weight excluding hydrogens is 312 g/mol. The van der Waals surface area contributed by atoms with Crippen molar-refractivity contribution in [2.75, 3.05) is 13.1 Å². The minimum atomic E-state index is 0.0477. The second kappa shape index (κ2) is 7.00. The lowest BCUT2D eigenvalue weighted by Crippen LogP contribution is -2.41. The first kappa shape index (κ1) is 16.3. The highest BCUT2D eigenvalue weighted by Crippen LogP contribution is 2.24. The number of amides is 1. The molecule has 0 saturated heterocycles. The normalized spacial score (nSPS) is 18.3. The summed E-state index contributed by atoms with van der Waals surface area (Å²) in [6.07, 6.45) is 8.78. The van der Waals surface area contributed by atoms with E-state index in [1.165, 1.54) is 42.4 Å². The van der Waals surface area contributed by atoms with E-state index in [-0.39, 0.29) is 11.9 Å². The number of aryl methyl sites for hydroxylation is 2. The molecule has 5 nitrogen and oxygen atoms in total. The lowest BCUT2D eigenvalue weighted by atomic mass is 9.89. The van der Waals surface area contributed by atoms with Gasteiger partial charge in [-0.05, 0) is 49.3 Å². The summed E-state index contributed by atoms with van der Waals surface area (Å²) in [4.78, 5) is 19.0. The molecule has 2 heterocycles. The van der Waals surface area contributed by atoms with Crippen LogP contribution in [0.5, 0.6) is 0 Å². The third kappa shape index (κ3) is 3.61. The van der Waals surface area contributed by atoms with Gasteiger partial charge in [0.2, 0.25) is 5.91 Å². The average Bonchev–Trinajstić information content (AvgIpc) is 3.09. The first-order valence-corrected chi connectivity index (χ1v) is 9.32. The highest BCUT2D eigenvalue weighted by Gasteiger charge is 2.20. The Kier molecular flexibility index (Phi) is 4.57. The SMILES string of the molecule is C[C@@H](NC(=O)CN1CCn2ccnc2C1)c1ccc2c(c1)CCCC2. The van der Waals surface area contributed by atoms with Gasteiger partial charge in [0.05, 0.1) is 19.1 Å². The fourth-order valence-electron chi connectivity index (χ4n) is 3.95.